The Balaban J connectivity index is 2.08. The lowest BCUT2D eigenvalue weighted by Crippen LogP contribution is -2.32. The average Bonchev–Trinajstić information content (AvgIpc) is 3.20. The summed E-state index contributed by atoms with van der Waals surface area (Å²) in [7, 11) is -3.64. The van der Waals surface area contributed by atoms with Gasteiger partial charge in [-0.15, -0.1) is 0 Å². The van der Waals surface area contributed by atoms with Crippen LogP contribution >= 0.6 is 0 Å². The maximum absolute atomic E-state index is 13.1. The molecule has 1 atom stereocenters. The van der Waals surface area contributed by atoms with Gasteiger partial charge in [-0.1, -0.05) is 12.1 Å². The minimum absolute atomic E-state index is 0.133. The summed E-state index contributed by atoms with van der Waals surface area (Å²) in [6.07, 6.45) is 5.90. The van der Waals surface area contributed by atoms with Crippen LogP contribution in [-0.4, -0.2) is 48.5 Å². The molecule has 0 spiro atoms. The highest BCUT2D eigenvalue weighted by molar-refractivity contribution is 7.89. The van der Waals surface area contributed by atoms with E-state index in [-0.39, 0.29) is 16.8 Å². The van der Waals surface area contributed by atoms with E-state index in [9.17, 15) is 8.42 Å². The lowest BCUT2D eigenvalue weighted by molar-refractivity contribution is 0.472. The molecule has 2 aromatic rings. The summed E-state index contributed by atoms with van der Waals surface area (Å²) in [4.78, 5) is 13.1. The highest BCUT2D eigenvalue weighted by Gasteiger charge is 2.31. The van der Waals surface area contributed by atoms with E-state index in [1.807, 2.05) is 32.9 Å². The van der Waals surface area contributed by atoms with Crippen LogP contribution in [0.15, 0.2) is 52.1 Å². The summed E-state index contributed by atoms with van der Waals surface area (Å²) in [5.41, 5.74) is 16.1. The maximum Gasteiger partial charge on any atom is 0.243 e. The van der Waals surface area contributed by atoms with Crippen molar-refractivity contribution < 1.29 is 8.42 Å². The Morgan fingerprint density at radius 1 is 1.39 bits per heavy atom. The number of nitrogen functional groups attached to an aromatic ring is 1. The molecule has 1 aromatic carbocycles. The SMILES string of the molecule is C=N/C(C)=C\C(=C/C)c1nc(-c2cc(S(=O)(=O)N3CC[C@@H](N)C3)ccc2C)cnc1N. The van der Waals surface area contributed by atoms with Crippen LogP contribution in [0.4, 0.5) is 5.82 Å². The van der Waals surface area contributed by atoms with E-state index in [0.717, 1.165) is 11.1 Å². The summed E-state index contributed by atoms with van der Waals surface area (Å²) < 4.78 is 27.6. The lowest BCUT2D eigenvalue weighted by atomic mass is 10.1. The number of hydrogen-bond acceptors (Lipinski definition) is 7. The van der Waals surface area contributed by atoms with Crippen LogP contribution in [0.2, 0.25) is 0 Å². The third kappa shape index (κ3) is 4.73. The van der Waals surface area contributed by atoms with Crippen LogP contribution in [0.25, 0.3) is 16.8 Å². The number of hydrogen-bond donors (Lipinski definition) is 2. The van der Waals surface area contributed by atoms with Crippen molar-refractivity contribution in [3.63, 3.8) is 0 Å². The van der Waals surface area contributed by atoms with E-state index in [1.54, 1.807) is 24.4 Å². The zero-order chi connectivity index (χ0) is 22.8. The molecule has 31 heavy (non-hydrogen) atoms. The summed E-state index contributed by atoms with van der Waals surface area (Å²) in [5, 5.41) is 0. The van der Waals surface area contributed by atoms with Crippen molar-refractivity contribution in [2.24, 2.45) is 10.7 Å². The largest absolute Gasteiger partial charge is 0.382 e. The number of allylic oxidation sites excluding steroid dienone is 4. The number of sulfonamides is 1. The molecular formula is C22H28N6O2S. The molecule has 1 aromatic heterocycles. The van der Waals surface area contributed by atoms with Gasteiger partial charge in [0.05, 0.1) is 16.8 Å². The number of aliphatic imine (C=N–C) groups is 1. The molecular weight excluding hydrogens is 412 g/mol. The zero-order valence-electron chi connectivity index (χ0n) is 18.0. The quantitative estimate of drug-likeness (QED) is 0.525. The minimum Gasteiger partial charge on any atom is -0.382 e. The molecule has 1 aliphatic heterocycles. The number of nitrogens with two attached hydrogens (primary N) is 2. The van der Waals surface area contributed by atoms with Crippen molar-refractivity contribution in [3.05, 3.63) is 53.5 Å². The number of benzene rings is 1. The predicted molar refractivity (Wildman–Crippen MR) is 125 cm³/mol. The van der Waals surface area contributed by atoms with E-state index >= 15 is 0 Å². The van der Waals surface area contributed by atoms with Gasteiger partial charge in [0.1, 0.15) is 11.5 Å². The molecule has 0 aliphatic carbocycles. The smallest absolute Gasteiger partial charge is 0.243 e. The standard InChI is InChI=1S/C22H28N6O2S/c1-5-16(10-15(3)25-4)21-22(24)26-12-20(27-21)19-11-18(7-6-14(19)2)31(29,30)28-9-8-17(23)13-28/h5-7,10-12,17H,4,8-9,13,23H2,1-3H3,(H2,24,26)/b15-10-,16-5+/t17-/m1/s1. The van der Waals surface area contributed by atoms with Crippen molar-refractivity contribution in [2.45, 2.75) is 38.1 Å². The van der Waals surface area contributed by atoms with Crippen LogP contribution in [-0.2, 0) is 10.0 Å². The first-order valence-electron chi connectivity index (χ1n) is 9.98. The normalized spacial score (nSPS) is 18.4. The Bertz CT molecular complexity index is 1170. The summed E-state index contributed by atoms with van der Waals surface area (Å²) in [5.74, 6) is 0.275. The topological polar surface area (TPSA) is 128 Å². The summed E-state index contributed by atoms with van der Waals surface area (Å²) in [6, 6.07) is 4.90. The van der Waals surface area contributed by atoms with Crippen LogP contribution in [0.5, 0.6) is 0 Å². The highest BCUT2D eigenvalue weighted by atomic mass is 32.2. The molecule has 1 aliphatic rings. The van der Waals surface area contributed by atoms with Gasteiger partial charge in [0.25, 0.3) is 0 Å². The summed E-state index contributed by atoms with van der Waals surface area (Å²) >= 11 is 0. The number of aromatic nitrogens is 2. The Morgan fingerprint density at radius 2 is 2.13 bits per heavy atom. The Labute approximate surface area is 183 Å². The molecule has 0 saturated carbocycles. The van der Waals surface area contributed by atoms with Gasteiger partial charge in [-0.25, -0.2) is 18.4 Å². The third-order valence-corrected chi connectivity index (χ3v) is 7.17. The predicted octanol–water partition coefficient (Wildman–Crippen LogP) is 2.76. The second kappa shape index (κ2) is 9.09. The molecule has 8 nitrogen and oxygen atoms in total. The first kappa shape index (κ1) is 22.8. The van der Waals surface area contributed by atoms with E-state index in [4.69, 9.17) is 16.5 Å². The average molecular weight is 441 g/mol. The van der Waals surface area contributed by atoms with Gasteiger partial charge in [0.15, 0.2) is 0 Å². The first-order chi connectivity index (χ1) is 14.7. The van der Waals surface area contributed by atoms with Crippen molar-refractivity contribution in [1.82, 2.24) is 14.3 Å². The van der Waals surface area contributed by atoms with Crippen LogP contribution in [0.3, 0.4) is 0 Å². The van der Waals surface area contributed by atoms with E-state index < -0.39 is 10.0 Å². The highest BCUT2D eigenvalue weighted by Crippen LogP contribution is 2.30. The molecule has 0 amide bonds. The monoisotopic (exact) mass is 440 g/mol. The fraction of sp³-hybridized carbons (Fsp3) is 0.318. The molecule has 0 radical (unpaired) electrons. The van der Waals surface area contributed by atoms with Gasteiger partial charge in [-0.05, 0) is 57.7 Å². The number of anilines is 1. The molecule has 2 heterocycles. The van der Waals surface area contributed by atoms with Crippen LogP contribution in [0.1, 0.15) is 31.5 Å². The van der Waals surface area contributed by atoms with Crippen molar-refractivity contribution >= 4 is 28.1 Å². The molecule has 1 fully saturated rings. The van der Waals surface area contributed by atoms with Crippen molar-refractivity contribution in [1.29, 1.82) is 0 Å². The molecule has 3 rings (SSSR count). The van der Waals surface area contributed by atoms with Gasteiger partial charge in [0.2, 0.25) is 10.0 Å². The number of aryl methyl sites for hydroxylation is 1. The van der Waals surface area contributed by atoms with Gasteiger partial charge >= 0.3 is 0 Å². The Morgan fingerprint density at radius 3 is 2.74 bits per heavy atom. The molecule has 0 unspecified atom stereocenters. The van der Waals surface area contributed by atoms with Crippen molar-refractivity contribution in [3.8, 4) is 11.3 Å². The second-order valence-electron chi connectivity index (χ2n) is 7.57. The Hall–Kier alpha value is -2.88. The van der Waals surface area contributed by atoms with Crippen LogP contribution < -0.4 is 11.5 Å². The third-order valence-electron chi connectivity index (χ3n) is 5.31. The van der Waals surface area contributed by atoms with Crippen molar-refractivity contribution in [2.75, 3.05) is 18.8 Å². The first-order valence-corrected chi connectivity index (χ1v) is 11.4. The van der Waals surface area contributed by atoms with E-state index in [0.29, 0.717) is 42.2 Å². The van der Waals surface area contributed by atoms with Gasteiger partial charge < -0.3 is 11.5 Å². The second-order valence-corrected chi connectivity index (χ2v) is 9.50. The minimum atomic E-state index is -3.64. The van der Waals surface area contributed by atoms with E-state index in [1.165, 1.54) is 4.31 Å². The van der Waals surface area contributed by atoms with Gasteiger partial charge in [-0.2, -0.15) is 4.31 Å². The van der Waals surface area contributed by atoms with E-state index in [2.05, 4.69) is 16.7 Å². The van der Waals surface area contributed by atoms with Crippen LogP contribution in [0, 0.1) is 6.92 Å². The van der Waals surface area contributed by atoms with Gasteiger partial charge in [0, 0.05) is 36.0 Å². The number of rotatable bonds is 6. The fourth-order valence-corrected chi connectivity index (χ4v) is 5.00. The zero-order valence-corrected chi connectivity index (χ0v) is 18.9. The molecule has 4 N–H and O–H groups in total. The number of nitrogens with zero attached hydrogens (tertiary/aromatic N) is 4. The maximum atomic E-state index is 13.1. The Kier molecular flexibility index (Phi) is 6.68. The molecule has 1 saturated heterocycles. The molecule has 9 heteroatoms. The fourth-order valence-electron chi connectivity index (χ4n) is 3.46. The molecule has 164 valence electrons. The molecule has 0 bridgehead atoms. The van der Waals surface area contributed by atoms with Gasteiger partial charge in [-0.3, -0.25) is 4.99 Å². The summed E-state index contributed by atoms with van der Waals surface area (Å²) in [6.45, 7) is 9.87. The lowest BCUT2D eigenvalue weighted by Gasteiger charge is -2.17.